The highest BCUT2D eigenvalue weighted by Crippen LogP contribution is 2.31. The molecule has 0 aliphatic carbocycles. The van der Waals surface area contributed by atoms with Crippen molar-refractivity contribution >= 4 is 21.7 Å². The van der Waals surface area contributed by atoms with Gasteiger partial charge in [-0.3, -0.25) is 0 Å². The average molecular weight is 437 g/mol. The molecular formula is C18H27F3N4O3S. The highest BCUT2D eigenvalue weighted by atomic mass is 32.2. The van der Waals surface area contributed by atoms with Crippen LogP contribution in [0, 0.1) is 0 Å². The predicted octanol–water partition coefficient (Wildman–Crippen LogP) is 2.21. The molecule has 1 saturated heterocycles. The number of amides is 2. The van der Waals surface area contributed by atoms with Gasteiger partial charge in [0.2, 0.25) is 10.0 Å². The van der Waals surface area contributed by atoms with Crippen LogP contribution in [0.3, 0.4) is 0 Å². The van der Waals surface area contributed by atoms with Gasteiger partial charge < -0.3 is 15.1 Å². The number of carbonyl (C=O) groups excluding carboxylic acids is 1. The van der Waals surface area contributed by atoms with Gasteiger partial charge in [0.25, 0.3) is 0 Å². The number of sulfonamides is 1. The second kappa shape index (κ2) is 9.66. The Hall–Kier alpha value is -2.01. The SMILES string of the molecule is CCN(CC)S(=O)(=O)CCNC(=O)N1CCN(c2cccc(C(F)(F)F)c2)CC1. The van der Waals surface area contributed by atoms with Crippen molar-refractivity contribution in [2.24, 2.45) is 0 Å². The molecule has 1 aliphatic rings. The number of hydrogen-bond donors (Lipinski definition) is 1. The maximum Gasteiger partial charge on any atom is 0.416 e. The average Bonchev–Trinajstić information content (AvgIpc) is 2.68. The molecule has 0 saturated carbocycles. The van der Waals surface area contributed by atoms with E-state index in [4.69, 9.17) is 0 Å². The van der Waals surface area contributed by atoms with Crippen LogP contribution in [0.25, 0.3) is 0 Å². The molecule has 2 rings (SSSR count). The van der Waals surface area contributed by atoms with Gasteiger partial charge in [-0.25, -0.2) is 17.5 Å². The molecular weight excluding hydrogens is 409 g/mol. The summed E-state index contributed by atoms with van der Waals surface area (Å²) in [6.07, 6.45) is -4.40. The monoisotopic (exact) mass is 436 g/mol. The Balaban J connectivity index is 1.84. The zero-order valence-corrected chi connectivity index (χ0v) is 17.4. The quantitative estimate of drug-likeness (QED) is 0.711. The van der Waals surface area contributed by atoms with Crippen molar-refractivity contribution < 1.29 is 26.4 Å². The minimum Gasteiger partial charge on any atom is -0.368 e. The molecule has 7 nitrogen and oxygen atoms in total. The molecule has 2 amide bonds. The number of alkyl halides is 3. The fourth-order valence-electron chi connectivity index (χ4n) is 3.19. The Bertz CT molecular complexity index is 790. The van der Waals surface area contributed by atoms with Crippen molar-refractivity contribution in [3.05, 3.63) is 29.8 Å². The number of benzene rings is 1. The van der Waals surface area contributed by atoms with Gasteiger partial charge >= 0.3 is 12.2 Å². The molecule has 1 N–H and O–H groups in total. The largest absolute Gasteiger partial charge is 0.416 e. The van der Waals surface area contributed by atoms with E-state index in [0.29, 0.717) is 45.0 Å². The summed E-state index contributed by atoms with van der Waals surface area (Å²) in [7, 11) is -3.41. The number of rotatable bonds is 7. The summed E-state index contributed by atoms with van der Waals surface area (Å²) in [5, 5.41) is 2.61. The van der Waals surface area contributed by atoms with Crippen molar-refractivity contribution in [2.75, 3.05) is 56.5 Å². The zero-order chi connectivity index (χ0) is 21.7. The molecule has 1 heterocycles. The van der Waals surface area contributed by atoms with Gasteiger partial charge in [0.1, 0.15) is 0 Å². The third-order valence-corrected chi connectivity index (χ3v) is 6.86. The summed E-state index contributed by atoms with van der Waals surface area (Å²) in [6.45, 7) is 5.74. The summed E-state index contributed by atoms with van der Waals surface area (Å²) in [5.41, 5.74) is -0.241. The van der Waals surface area contributed by atoms with E-state index in [-0.39, 0.29) is 18.3 Å². The Morgan fingerprint density at radius 2 is 1.76 bits per heavy atom. The first-order valence-corrected chi connectivity index (χ1v) is 11.1. The number of urea groups is 1. The van der Waals surface area contributed by atoms with E-state index >= 15 is 0 Å². The van der Waals surface area contributed by atoms with Crippen LogP contribution in [0.5, 0.6) is 0 Å². The minimum atomic E-state index is -4.40. The maximum atomic E-state index is 12.9. The molecule has 0 unspecified atom stereocenters. The zero-order valence-electron chi connectivity index (χ0n) is 16.6. The van der Waals surface area contributed by atoms with Crippen molar-refractivity contribution in [3.8, 4) is 0 Å². The van der Waals surface area contributed by atoms with Crippen molar-refractivity contribution in [3.63, 3.8) is 0 Å². The number of halogens is 3. The van der Waals surface area contributed by atoms with Crippen molar-refractivity contribution in [1.29, 1.82) is 0 Å². The molecule has 11 heteroatoms. The molecule has 0 radical (unpaired) electrons. The van der Waals surface area contributed by atoms with Crippen LogP contribution in [-0.2, 0) is 16.2 Å². The lowest BCUT2D eigenvalue weighted by Gasteiger charge is -2.36. The molecule has 164 valence electrons. The van der Waals surface area contributed by atoms with Crippen molar-refractivity contribution in [1.82, 2.24) is 14.5 Å². The lowest BCUT2D eigenvalue weighted by molar-refractivity contribution is -0.137. The minimum absolute atomic E-state index is 0.00547. The molecule has 0 atom stereocenters. The third-order valence-electron chi connectivity index (χ3n) is 4.84. The first-order valence-electron chi connectivity index (χ1n) is 9.51. The molecule has 1 aromatic carbocycles. The van der Waals surface area contributed by atoms with E-state index in [1.165, 1.54) is 15.3 Å². The number of hydrogen-bond acceptors (Lipinski definition) is 4. The molecule has 0 spiro atoms. The Labute approximate surface area is 169 Å². The van der Waals surface area contributed by atoms with E-state index in [2.05, 4.69) is 5.32 Å². The van der Waals surface area contributed by atoms with Crippen LogP contribution in [0.2, 0.25) is 0 Å². The topological polar surface area (TPSA) is 73.0 Å². The lowest BCUT2D eigenvalue weighted by atomic mass is 10.1. The summed E-state index contributed by atoms with van der Waals surface area (Å²) in [4.78, 5) is 15.6. The Morgan fingerprint density at radius 3 is 2.31 bits per heavy atom. The van der Waals surface area contributed by atoms with Crippen LogP contribution >= 0.6 is 0 Å². The Kier molecular flexibility index (Phi) is 7.75. The lowest BCUT2D eigenvalue weighted by Crippen LogP contribution is -2.52. The number of nitrogens with one attached hydrogen (secondary N) is 1. The van der Waals surface area contributed by atoms with Gasteiger partial charge in [0, 0.05) is 51.5 Å². The van der Waals surface area contributed by atoms with Crippen molar-refractivity contribution in [2.45, 2.75) is 20.0 Å². The fraction of sp³-hybridized carbons (Fsp3) is 0.611. The molecule has 1 aliphatic heterocycles. The fourth-order valence-corrected chi connectivity index (χ4v) is 4.60. The number of nitrogens with zero attached hydrogens (tertiary/aromatic N) is 3. The Morgan fingerprint density at radius 1 is 1.14 bits per heavy atom. The molecule has 1 aromatic rings. The molecule has 0 aromatic heterocycles. The maximum absolute atomic E-state index is 12.9. The van der Waals surface area contributed by atoms with E-state index in [9.17, 15) is 26.4 Å². The second-order valence-corrected chi connectivity index (χ2v) is 8.74. The summed E-state index contributed by atoms with van der Waals surface area (Å²) < 4.78 is 64.2. The second-order valence-electron chi connectivity index (χ2n) is 6.65. The highest BCUT2D eigenvalue weighted by molar-refractivity contribution is 7.89. The molecule has 29 heavy (non-hydrogen) atoms. The van der Waals surface area contributed by atoms with Crippen LogP contribution < -0.4 is 10.2 Å². The third kappa shape index (κ3) is 6.23. The van der Waals surface area contributed by atoms with E-state index < -0.39 is 21.8 Å². The van der Waals surface area contributed by atoms with Gasteiger partial charge in [0.15, 0.2) is 0 Å². The van der Waals surface area contributed by atoms with Gasteiger partial charge in [-0.05, 0) is 18.2 Å². The number of piperazine rings is 1. The van der Waals surface area contributed by atoms with Gasteiger partial charge in [0.05, 0.1) is 11.3 Å². The van der Waals surface area contributed by atoms with Crippen LogP contribution in [0.4, 0.5) is 23.7 Å². The first kappa shape index (κ1) is 23.3. The van der Waals surface area contributed by atoms with E-state index in [1.807, 2.05) is 0 Å². The molecule has 1 fully saturated rings. The smallest absolute Gasteiger partial charge is 0.368 e. The summed E-state index contributed by atoms with van der Waals surface area (Å²) in [5.74, 6) is -0.176. The van der Waals surface area contributed by atoms with Gasteiger partial charge in [-0.2, -0.15) is 13.2 Å². The van der Waals surface area contributed by atoms with Crippen LogP contribution in [-0.4, -0.2) is 75.2 Å². The molecule has 0 bridgehead atoms. The highest BCUT2D eigenvalue weighted by Gasteiger charge is 2.31. The number of carbonyl (C=O) groups is 1. The van der Waals surface area contributed by atoms with E-state index in [1.54, 1.807) is 24.8 Å². The summed E-state index contributed by atoms with van der Waals surface area (Å²) >= 11 is 0. The van der Waals surface area contributed by atoms with Gasteiger partial charge in [-0.1, -0.05) is 19.9 Å². The van der Waals surface area contributed by atoms with Gasteiger partial charge in [-0.15, -0.1) is 0 Å². The summed E-state index contributed by atoms with van der Waals surface area (Å²) in [6, 6.07) is 4.74. The van der Waals surface area contributed by atoms with E-state index in [0.717, 1.165) is 12.1 Å². The predicted molar refractivity (Wildman–Crippen MR) is 105 cm³/mol. The van der Waals surface area contributed by atoms with Crippen LogP contribution in [0.15, 0.2) is 24.3 Å². The van der Waals surface area contributed by atoms with Crippen LogP contribution in [0.1, 0.15) is 19.4 Å². The standard InChI is InChI=1S/C18H27F3N4O3S/c1-3-25(4-2)29(27,28)13-8-22-17(26)24-11-9-23(10-12-24)16-7-5-6-15(14-16)18(19,20)21/h5-7,14H,3-4,8-13H2,1-2H3,(H,22,26). The number of anilines is 1. The normalized spacial score (nSPS) is 15.7. The first-order chi connectivity index (χ1) is 13.6.